The van der Waals surface area contributed by atoms with Gasteiger partial charge in [0.25, 0.3) is 0 Å². The van der Waals surface area contributed by atoms with E-state index in [2.05, 4.69) is 19.1 Å². The van der Waals surface area contributed by atoms with E-state index in [0.717, 1.165) is 28.5 Å². The highest BCUT2D eigenvalue weighted by Crippen LogP contribution is 2.37. The maximum Gasteiger partial charge on any atom is 0.162 e. The lowest BCUT2D eigenvalue weighted by atomic mass is 9.97. The van der Waals surface area contributed by atoms with Crippen molar-refractivity contribution in [3.8, 4) is 11.5 Å². The number of rotatable bonds is 7. The summed E-state index contributed by atoms with van der Waals surface area (Å²) in [6.45, 7) is 9.32. The van der Waals surface area contributed by atoms with Crippen LogP contribution in [0, 0.1) is 0 Å². The third-order valence-corrected chi connectivity index (χ3v) is 3.25. The van der Waals surface area contributed by atoms with E-state index in [-0.39, 0.29) is 0 Å². The first-order valence-corrected chi connectivity index (χ1v) is 7.21. The van der Waals surface area contributed by atoms with Crippen LogP contribution in [0.1, 0.15) is 45.6 Å². The molecule has 0 bridgehead atoms. The second kappa shape index (κ2) is 8.11. The van der Waals surface area contributed by atoms with Crippen molar-refractivity contribution in [1.82, 2.24) is 0 Å². The van der Waals surface area contributed by atoms with Gasteiger partial charge in [0, 0.05) is 11.1 Å². The van der Waals surface area contributed by atoms with E-state index in [0.29, 0.717) is 19.1 Å². The molecule has 1 unspecified atom stereocenters. The molecule has 1 atom stereocenters. The summed E-state index contributed by atoms with van der Waals surface area (Å²) in [7, 11) is 0. The molecule has 106 valence electrons. The van der Waals surface area contributed by atoms with Crippen molar-refractivity contribution >= 4 is 11.6 Å². The van der Waals surface area contributed by atoms with Crippen LogP contribution in [0.2, 0.25) is 5.02 Å². The summed E-state index contributed by atoms with van der Waals surface area (Å²) in [6.07, 6.45) is 5.18. The molecule has 0 fully saturated rings. The molecule has 1 rings (SSSR count). The van der Waals surface area contributed by atoms with Gasteiger partial charge in [0.05, 0.1) is 13.2 Å². The summed E-state index contributed by atoms with van der Waals surface area (Å²) in [5.74, 6) is 1.85. The Labute approximate surface area is 121 Å². The molecule has 19 heavy (non-hydrogen) atoms. The molecule has 1 aromatic carbocycles. The van der Waals surface area contributed by atoms with Crippen molar-refractivity contribution in [2.75, 3.05) is 13.2 Å². The molecule has 0 radical (unpaired) electrons. The van der Waals surface area contributed by atoms with Gasteiger partial charge in [0.15, 0.2) is 11.5 Å². The Kier molecular flexibility index (Phi) is 6.79. The highest BCUT2D eigenvalue weighted by molar-refractivity contribution is 6.31. The minimum absolute atomic E-state index is 0.360. The molecule has 0 saturated heterocycles. The zero-order valence-corrected chi connectivity index (χ0v) is 13.0. The van der Waals surface area contributed by atoms with Crippen molar-refractivity contribution in [3.63, 3.8) is 0 Å². The number of allylic oxidation sites excluding steroid dienone is 2. The van der Waals surface area contributed by atoms with Crippen molar-refractivity contribution in [2.24, 2.45) is 0 Å². The zero-order valence-electron chi connectivity index (χ0n) is 12.2. The topological polar surface area (TPSA) is 18.5 Å². The Morgan fingerprint density at radius 2 is 1.74 bits per heavy atom. The van der Waals surface area contributed by atoms with Crippen LogP contribution < -0.4 is 9.47 Å². The van der Waals surface area contributed by atoms with E-state index in [1.165, 1.54) is 0 Å². The summed E-state index contributed by atoms with van der Waals surface area (Å²) < 4.78 is 11.2. The van der Waals surface area contributed by atoms with Gasteiger partial charge in [0.1, 0.15) is 0 Å². The Bertz CT molecular complexity index is 427. The van der Waals surface area contributed by atoms with Crippen molar-refractivity contribution in [3.05, 3.63) is 34.9 Å². The summed E-state index contributed by atoms with van der Waals surface area (Å²) in [5, 5.41) is 0.740. The lowest BCUT2D eigenvalue weighted by Gasteiger charge is -2.17. The normalized spacial score (nSPS) is 12.7. The molecule has 0 aliphatic carbocycles. The fourth-order valence-corrected chi connectivity index (χ4v) is 2.27. The van der Waals surface area contributed by atoms with Crippen molar-refractivity contribution in [1.29, 1.82) is 0 Å². The Balaban J connectivity index is 3.08. The summed E-state index contributed by atoms with van der Waals surface area (Å²) in [4.78, 5) is 0. The quantitative estimate of drug-likeness (QED) is 0.639. The number of benzene rings is 1. The third kappa shape index (κ3) is 4.46. The summed E-state index contributed by atoms with van der Waals surface area (Å²) in [6, 6.07) is 3.86. The molecule has 0 spiro atoms. The molecule has 0 N–H and O–H groups in total. The first kappa shape index (κ1) is 15.9. The second-order valence-corrected chi connectivity index (χ2v) is 4.80. The van der Waals surface area contributed by atoms with Crippen molar-refractivity contribution < 1.29 is 9.47 Å². The van der Waals surface area contributed by atoms with Gasteiger partial charge in [-0.2, -0.15) is 0 Å². The second-order valence-electron chi connectivity index (χ2n) is 4.39. The molecule has 0 heterocycles. The van der Waals surface area contributed by atoms with Crippen LogP contribution >= 0.6 is 11.6 Å². The van der Waals surface area contributed by atoms with Gasteiger partial charge in [-0.15, -0.1) is 0 Å². The largest absolute Gasteiger partial charge is 0.490 e. The van der Waals surface area contributed by atoms with Crippen LogP contribution in [0.15, 0.2) is 24.3 Å². The van der Waals surface area contributed by atoms with Crippen LogP contribution in [-0.4, -0.2) is 13.2 Å². The Morgan fingerprint density at radius 1 is 1.16 bits per heavy atom. The summed E-state index contributed by atoms with van der Waals surface area (Å²) >= 11 is 6.35. The standard InChI is InChI=1S/C16H23ClO2/c1-5-8-9-12(4)13-10-15(18-6-2)16(19-7-3)11-14(13)17/h5,8,10-12H,6-7,9H2,1-4H3/b8-5-. The Morgan fingerprint density at radius 3 is 2.26 bits per heavy atom. The predicted molar refractivity (Wildman–Crippen MR) is 81.6 cm³/mol. The molecular weight excluding hydrogens is 260 g/mol. The number of halogens is 1. The minimum atomic E-state index is 0.360. The molecule has 0 amide bonds. The van der Waals surface area contributed by atoms with E-state index < -0.39 is 0 Å². The molecule has 3 heteroatoms. The number of ether oxygens (including phenoxy) is 2. The Hall–Kier alpha value is -1.15. The SMILES string of the molecule is C/C=C\CC(C)c1cc(OCC)c(OCC)cc1Cl. The number of hydrogen-bond acceptors (Lipinski definition) is 2. The molecule has 0 saturated carbocycles. The maximum absolute atomic E-state index is 6.35. The van der Waals surface area contributed by atoms with Gasteiger partial charge in [-0.3, -0.25) is 0 Å². The van der Waals surface area contributed by atoms with E-state index >= 15 is 0 Å². The van der Waals surface area contributed by atoms with Gasteiger partial charge in [0.2, 0.25) is 0 Å². The zero-order chi connectivity index (χ0) is 14.3. The fraction of sp³-hybridized carbons (Fsp3) is 0.500. The maximum atomic E-state index is 6.35. The predicted octanol–water partition coefficient (Wildman–Crippen LogP) is 5.21. The number of hydrogen-bond donors (Lipinski definition) is 0. The summed E-state index contributed by atoms with van der Waals surface area (Å²) in [5.41, 5.74) is 1.10. The van der Waals surface area contributed by atoms with Crippen LogP contribution in [0.3, 0.4) is 0 Å². The average molecular weight is 283 g/mol. The van der Waals surface area contributed by atoms with Crippen LogP contribution in [0.5, 0.6) is 11.5 Å². The van der Waals surface area contributed by atoms with E-state index in [1.807, 2.05) is 32.9 Å². The van der Waals surface area contributed by atoms with Crippen molar-refractivity contribution in [2.45, 2.75) is 40.0 Å². The first-order chi connectivity index (χ1) is 9.13. The minimum Gasteiger partial charge on any atom is -0.490 e. The fourth-order valence-electron chi connectivity index (χ4n) is 1.93. The lowest BCUT2D eigenvalue weighted by Crippen LogP contribution is -2.01. The van der Waals surface area contributed by atoms with Gasteiger partial charge < -0.3 is 9.47 Å². The van der Waals surface area contributed by atoms with Crippen LogP contribution in [0.4, 0.5) is 0 Å². The molecule has 0 aliphatic rings. The smallest absolute Gasteiger partial charge is 0.162 e. The van der Waals surface area contributed by atoms with E-state index in [4.69, 9.17) is 21.1 Å². The molecule has 1 aromatic rings. The lowest BCUT2D eigenvalue weighted by molar-refractivity contribution is 0.287. The molecule has 0 aromatic heterocycles. The molecule has 0 aliphatic heterocycles. The highest BCUT2D eigenvalue weighted by atomic mass is 35.5. The van der Waals surface area contributed by atoms with Gasteiger partial charge in [-0.25, -0.2) is 0 Å². The molecular formula is C16H23ClO2. The third-order valence-electron chi connectivity index (χ3n) is 2.92. The van der Waals surface area contributed by atoms with Gasteiger partial charge in [-0.05, 0) is 44.7 Å². The first-order valence-electron chi connectivity index (χ1n) is 6.84. The van der Waals surface area contributed by atoms with Crippen LogP contribution in [-0.2, 0) is 0 Å². The van der Waals surface area contributed by atoms with E-state index in [1.54, 1.807) is 0 Å². The van der Waals surface area contributed by atoms with Crippen LogP contribution in [0.25, 0.3) is 0 Å². The van der Waals surface area contributed by atoms with E-state index in [9.17, 15) is 0 Å². The van der Waals surface area contributed by atoms with Gasteiger partial charge >= 0.3 is 0 Å². The monoisotopic (exact) mass is 282 g/mol. The van der Waals surface area contributed by atoms with Gasteiger partial charge in [-0.1, -0.05) is 30.7 Å². The highest BCUT2D eigenvalue weighted by Gasteiger charge is 2.14. The molecule has 2 nitrogen and oxygen atoms in total. The average Bonchev–Trinajstić information content (AvgIpc) is 2.39.